The van der Waals surface area contributed by atoms with Crippen molar-refractivity contribution in [1.29, 1.82) is 0 Å². The lowest BCUT2D eigenvalue weighted by Crippen LogP contribution is -2.06. The molecule has 0 amide bonds. The Bertz CT molecular complexity index is 1070. The lowest BCUT2D eigenvalue weighted by molar-refractivity contribution is -0.132. The van der Waals surface area contributed by atoms with Crippen molar-refractivity contribution in [3.05, 3.63) is 76.9 Å². The molecule has 0 fully saturated rings. The molecule has 0 spiro atoms. The quantitative estimate of drug-likeness (QED) is 0.297. The molecule has 3 aromatic rings. The number of aryl methyl sites for hydroxylation is 1. The second-order valence-electron chi connectivity index (χ2n) is 6.28. The van der Waals surface area contributed by atoms with E-state index in [2.05, 4.69) is 4.74 Å². The van der Waals surface area contributed by atoms with Crippen LogP contribution in [0.25, 0.3) is 22.3 Å². The van der Waals surface area contributed by atoms with Crippen LogP contribution in [0.3, 0.4) is 0 Å². The molecule has 0 aliphatic heterocycles. The third-order valence-corrected chi connectivity index (χ3v) is 4.05. The van der Waals surface area contributed by atoms with Gasteiger partial charge >= 0.3 is 5.97 Å². The van der Waals surface area contributed by atoms with Crippen LogP contribution in [0.1, 0.15) is 12.5 Å². The minimum absolute atomic E-state index is 0.278. The number of ether oxygens (including phenoxy) is 1. The van der Waals surface area contributed by atoms with Gasteiger partial charge in [-0.15, -0.1) is 0 Å². The second kappa shape index (κ2) is 7.62. The molecule has 0 aromatic heterocycles. The van der Waals surface area contributed by atoms with E-state index in [1.165, 1.54) is 6.92 Å². The van der Waals surface area contributed by atoms with Crippen molar-refractivity contribution >= 4 is 5.97 Å². The molecule has 0 saturated carbocycles. The molecule has 0 aliphatic rings. The normalized spacial score (nSPS) is 10.9. The Kier molecular flexibility index (Phi) is 5.37. The van der Waals surface area contributed by atoms with Gasteiger partial charge in [0.1, 0.15) is 23.3 Å². The third kappa shape index (κ3) is 3.96. The average molecular weight is 410 g/mol. The molecular weight excluding hydrogens is 398 g/mol. The minimum atomic E-state index is -1.35. The first-order valence-corrected chi connectivity index (χ1v) is 8.21. The van der Waals surface area contributed by atoms with Crippen LogP contribution in [-0.4, -0.2) is 5.97 Å². The van der Waals surface area contributed by atoms with E-state index in [9.17, 15) is 31.1 Å². The zero-order valence-electron chi connectivity index (χ0n) is 15.0. The predicted molar refractivity (Wildman–Crippen MR) is 93.1 cm³/mol. The Hall–Kier alpha value is -3.29. The van der Waals surface area contributed by atoms with Crippen LogP contribution in [0.2, 0.25) is 0 Å². The van der Waals surface area contributed by atoms with E-state index < -0.39 is 68.9 Å². The van der Waals surface area contributed by atoms with E-state index in [-0.39, 0.29) is 5.56 Å². The number of benzene rings is 3. The largest absolute Gasteiger partial charge is 0.420 e. The van der Waals surface area contributed by atoms with Crippen molar-refractivity contribution in [3.8, 4) is 28.0 Å². The monoisotopic (exact) mass is 410 g/mol. The van der Waals surface area contributed by atoms with Crippen LogP contribution in [0.15, 0.2) is 36.4 Å². The molecule has 0 heterocycles. The van der Waals surface area contributed by atoms with Crippen LogP contribution in [0.5, 0.6) is 5.75 Å². The van der Waals surface area contributed by atoms with Gasteiger partial charge in [-0.05, 0) is 60.0 Å². The van der Waals surface area contributed by atoms with Crippen molar-refractivity contribution < 1.29 is 35.9 Å². The first-order chi connectivity index (χ1) is 13.6. The Morgan fingerprint density at radius 2 is 1.00 bits per heavy atom. The van der Waals surface area contributed by atoms with Crippen molar-refractivity contribution in [2.75, 3.05) is 0 Å². The van der Waals surface area contributed by atoms with Crippen molar-refractivity contribution in [2.24, 2.45) is 0 Å². The molecule has 150 valence electrons. The number of halogens is 6. The fraction of sp³-hybridized carbons (Fsp3) is 0.0952. The average Bonchev–Trinajstić information content (AvgIpc) is 2.56. The summed E-state index contributed by atoms with van der Waals surface area (Å²) in [5, 5.41) is 0. The van der Waals surface area contributed by atoms with Gasteiger partial charge in [-0.3, -0.25) is 4.79 Å². The summed E-state index contributed by atoms with van der Waals surface area (Å²) in [6, 6.07) is 4.47. The molecule has 0 unspecified atom stereocenters. The zero-order valence-corrected chi connectivity index (χ0v) is 15.0. The number of hydrogen-bond acceptors (Lipinski definition) is 2. The van der Waals surface area contributed by atoms with E-state index in [4.69, 9.17) is 0 Å². The van der Waals surface area contributed by atoms with Crippen molar-refractivity contribution in [1.82, 2.24) is 0 Å². The van der Waals surface area contributed by atoms with E-state index in [1.54, 1.807) is 0 Å². The number of rotatable bonds is 3. The molecule has 0 N–H and O–H groups in total. The summed E-state index contributed by atoms with van der Waals surface area (Å²) in [6.45, 7) is 2.37. The van der Waals surface area contributed by atoms with Crippen LogP contribution in [0, 0.1) is 41.8 Å². The molecule has 0 atom stereocenters. The summed E-state index contributed by atoms with van der Waals surface area (Å²) in [6.07, 6.45) is 0. The summed E-state index contributed by atoms with van der Waals surface area (Å²) in [5.74, 6) is -9.32. The highest BCUT2D eigenvalue weighted by atomic mass is 19.2. The van der Waals surface area contributed by atoms with E-state index >= 15 is 0 Å². The van der Waals surface area contributed by atoms with Crippen LogP contribution in [0.4, 0.5) is 26.3 Å². The lowest BCUT2D eigenvalue weighted by atomic mass is 9.97. The van der Waals surface area contributed by atoms with Gasteiger partial charge < -0.3 is 4.74 Å². The van der Waals surface area contributed by atoms with E-state index in [0.29, 0.717) is 24.3 Å². The van der Waals surface area contributed by atoms with Gasteiger partial charge in [0.05, 0.1) is 11.1 Å². The first-order valence-electron chi connectivity index (χ1n) is 8.21. The highest BCUT2D eigenvalue weighted by molar-refractivity contribution is 5.74. The molecule has 29 heavy (non-hydrogen) atoms. The maximum absolute atomic E-state index is 14.6. The van der Waals surface area contributed by atoms with Gasteiger partial charge in [0.2, 0.25) is 5.75 Å². The van der Waals surface area contributed by atoms with Gasteiger partial charge in [0, 0.05) is 6.92 Å². The fourth-order valence-corrected chi connectivity index (χ4v) is 2.91. The lowest BCUT2D eigenvalue weighted by Gasteiger charge is -2.12. The summed E-state index contributed by atoms with van der Waals surface area (Å²) in [5.41, 5.74) is -2.12. The van der Waals surface area contributed by atoms with Crippen LogP contribution < -0.4 is 4.74 Å². The molecule has 8 heteroatoms. The number of esters is 1. The Balaban J connectivity index is 2.14. The molecule has 0 aliphatic carbocycles. The number of hydrogen-bond donors (Lipinski definition) is 0. The van der Waals surface area contributed by atoms with Gasteiger partial charge in [0.25, 0.3) is 0 Å². The standard InChI is InChI=1S/C21H12F6O2/c1-9-3-13(22)19(14(23)4-9)11-5-15(24)20(16(25)6-11)12-7-17(26)21(18(27)8-12)29-10(2)28/h3-8H,1-2H3. The Labute approximate surface area is 161 Å². The van der Waals surface area contributed by atoms with E-state index in [0.717, 1.165) is 19.1 Å². The van der Waals surface area contributed by atoms with Gasteiger partial charge in [-0.1, -0.05) is 0 Å². The van der Waals surface area contributed by atoms with Gasteiger partial charge in [-0.2, -0.15) is 0 Å². The fourth-order valence-electron chi connectivity index (χ4n) is 2.91. The van der Waals surface area contributed by atoms with E-state index in [1.807, 2.05) is 0 Å². The topological polar surface area (TPSA) is 26.3 Å². The van der Waals surface area contributed by atoms with Crippen LogP contribution >= 0.6 is 0 Å². The highest BCUT2D eigenvalue weighted by Gasteiger charge is 2.22. The number of carbonyl (C=O) groups is 1. The highest BCUT2D eigenvalue weighted by Crippen LogP contribution is 2.36. The smallest absolute Gasteiger partial charge is 0.308 e. The zero-order chi connectivity index (χ0) is 21.5. The first kappa shape index (κ1) is 20.4. The molecule has 0 bridgehead atoms. The Morgan fingerprint density at radius 3 is 1.38 bits per heavy atom. The molecule has 0 saturated heterocycles. The molecule has 3 rings (SSSR count). The minimum Gasteiger partial charge on any atom is -0.420 e. The Morgan fingerprint density at radius 1 is 0.655 bits per heavy atom. The summed E-state index contributed by atoms with van der Waals surface area (Å²) < 4.78 is 89.9. The maximum Gasteiger partial charge on any atom is 0.308 e. The summed E-state index contributed by atoms with van der Waals surface area (Å²) in [7, 11) is 0. The van der Waals surface area contributed by atoms with Crippen molar-refractivity contribution in [3.63, 3.8) is 0 Å². The number of carbonyl (C=O) groups excluding carboxylic acids is 1. The molecule has 3 aromatic carbocycles. The SMILES string of the molecule is CC(=O)Oc1c(F)cc(-c2c(F)cc(-c3c(F)cc(C)cc3F)cc2F)cc1F. The summed E-state index contributed by atoms with van der Waals surface area (Å²) >= 11 is 0. The third-order valence-electron chi connectivity index (χ3n) is 4.05. The molecule has 0 radical (unpaired) electrons. The van der Waals surface area contributed by atoms with Crippen LogP contribution in [-0.2, 0) is 4.79 Å². The summed E-state index contributed by atoms with van der Waals surface area (Å²) in [4.78, 5) is 10.9. The second-order valence-corrected chi connectivity index (χ2v) is 6.28. The molecule has 2 nitrogen and oxygen atoms in total. The maximum atomic E-state index is 14.6. The van der Waals surface area contributed by atoms with Gasteiger partial charge in [-0.25, -0.2) is 26.3 Å². The predicted octanol–water partition coefficient (Wildman–Crippen LogP) is 6.09. The van der Waals surface area contributed by atoms with Gasteiger partial charge in [0.15, 0.2) is 11.6 Å². The molecular formula is C21H12F6O2. The van der Waals surface area contributed by atoms with Crippen molar-refractivity contribution in [2.45, 2.75) is 13.8 Å².